The van der Waals surface area contributed by atoms with Crippen LogP contribution in [-0.2, 0) is 9.59 Å². The van der Waals surface area contributed by atoms with Crippen molar-refractivity contribution in [3.05, 3.63) is 24.3 Å². The Hall–Kier alpha value is -1.66. The largest absolute Gasteiger partial charge is 0.356 e. The van der Waals surface area contributed by atoms with Gasteiger partial charge in [0.15, 0.2) is 0 Å². The van der Waals surface area contributed by atoms with E-state index in [0.717, 1.165) is 60.8 Å². The first-order chi connectivity index (χ1) is 14.3. The minimum Gasteiger partial charge on any atom is -0.356 e. The van der Waals surface area contributed by atoms with E-state index in [9.17, 15) is 9.59 Å². The van der Waals surface area contributed by atoms with Crippen LogP contribution in [0.2, 0.25) is 0 Å². The number of amides is 2. The molecule has 0 aromatic carbocycles. The van der Waals surface area contributed by atoms with E-state index in [1.165, 1.54) is 26.2 Å². The van der Waals surface area contributed by atoms with Gasteiger partial charge in [-0.25, -0.2) is 0 Å². The molecular weight excluding hydrogens is 376 g/mol. The summed E-state index contributed by atoms with van der Waals surface area (Å²) in [5.74, 6) is 0.248. The number of piperazine rings is 1. The minimum atomic E-state index is 0.124. The van der Waals surface area contributed by atoms with E-state index in [-0.39, 0.29) is 11.8 Å². The SMILES string of the molecule is CCC=CCC(=O)NCCC[N+]1(C)CC[N+](C)(CCCNC(=O)CC=CCC)CC1. The molecule has 1 saturated heterocycles. The summed E-state index contributed by atoms with van der Waals surface area (Å²) in [5, 5.41) is 6.06. The van der Waals surface area contributed by atoms with Gasteiger partial charge in [0.1, 0.15) is 26.2 Å². The number of allylic oxidation sites excluding steroid dienone is 2. The molecule has 0 aliphatic carbocycles. The second kappa shape index (κ2) is 14.4. The smallest absolute Gasteiger partial charge is 0.223 e. The third-order valence-corrected chi connectivity index (χ3v) is 6.16. The van der Waals surface area contributed by atoms with Crippen LogP contribution in [0.3, 0.4) is 0 Å². The Morgan fingerprint density at radius 2 is 1.07 bits per heavy atom. The third-order valence-electron chi connectivity index (χ3n) is 6.16. The van der Waals surface area contributed by atoms with Crippen LogP contribution in [0.5, 0.6) is 0 Å². The van der Waals surface area contributed by atoms with Gasteiger partial charge in [-0.2, -0.15) is 0 Å². The van der Waals surface area contributed by atoms with Crippen molar-refractivity contribution in [2.75, 3.05) is 66.5 Å². The lowest BCUT2D eigenvalue weighted by Crippen LogP contribution is -2.64. The maximum Gasteiger partial charge on any atom is 0.223 e. The van der Waals surface area contributed by atoms with E-state index in [4.69, 9.17) is 0 Å². The van der Waals surface area contributed by atoms with Gasteiger partial charge in [0.25, 0.3) is 0 Å². The maximum atomic E-state index is 11.8. The van der Waals surface area contributed by atoms with Crippen LogP contribution < -0.4 is 10.6 Å². The van der Waals surface area contributed by atoms with Gasteiger partial charge in [-0.3, -0.25) is 9.59 Å². The number of carbonyl (C=O) groups is 2. The van der Waals surface area contributed by atoms with Crippen LogP contribution >= 0.6 is 0 Å². The van der Waals surface area contributed by atoms with Crippen LogP contribution in [0.25, 0.3) is 0 Å². The maximum absolute atomic E-state index is 11.8. The van der Waals surface area contributed by atoms with Crippen LogP contribution in [0.15, 0.2) is 24.3 Å². The monoisotopic (exact) mass is 422 g/mol. The molecule has 6 nitrogen and oxygen atoms in total. The molecule has 2 amide bonds. The highest BCUT2D eigenvalue weighted by atomic mass is 16.2. The molecule has 1 aliphatic heterocycles. The highest BCUT2D eigenvalue weighted by Crippen LogP contribution is 2.16. The van der Waals surface area contributed by atoms with Crippen LogP contribution in [0.4, 0.5) is 0 Å². The standard InChI is InChI=1S/C24H44N4O2/c1-5-7-9-13-23(29)25-15-11-17-27(3)19-21-28(4,22-20-27)18-12-16-26-24(30)14-10-8-6-2/h7-10H,5-6,11-22H2,1-4H3/p+2. The number of nitrogens with one attached hydrogen (secondary N) is 2. The highest BCUT2D eigenvalue weighted by Gasteiger charge is 2.36. The van der Waals surface area contributed by atoms with Crippen molar-refractivity contribution in [3.63, 3.8) is 0 Å². The molecule has 0 spiro atoms. The van der Waals surface area contributed by atoms with Crippen molar-refractivity contribution >= 4 is 11.8 Å². The molecule has 1 fully saturated rings. The molecule has 0 radical (unpaired) electrons. The topological polar surface area (TPSA) is 58.2 Å². The molecule has 172 valence electrons. The second-order valence-electron chi connectivity index (χ2n) is 9.16. The van der Waals surface area contributed by atoms with E-state index in [0.29, 0.717) is 12.8 Å². The second-order valence-corrected chi connectivity index (χ2v) is 9.16. The van der Waals surface area contributed by atoms with Crippen molar-refractivity contribution in [1.82, 2.24) is 10.6 Å². The Labute approximate surface area is 184 Å². The van der Waals surface area contributed by atoms with Crippen molar-refractivity contribution in [3.8, 4) is 0 Å². The number of quaternary nitrogens is 2. The predicted molar refractivity (Wildman–Crippen MR) is 125 cm³/mol. The van der Waals surface area contributed by atoms with Crippen molar-refractivity contribution < 1.29 is 18.6 Å². The van der Waals surface area contributed by atoms with Gasteiger partial charge in [0, 0.05) is 38.8 Å². The zero-order valence-corrected chi connectivity index (χ0v) is 19.9. The molecule has 0 aromatic rings. The average molecular weight is 423 g/mol. The molecule has 0 saturated carbocycles. The van der Waals surface area contributed by atoms with Gasteiger partial charge in [0.2, 0.25) is 11.8 Å². The Bertz CT molecular complexity index is 514. The number of hydrogen-bond acceptors (Lipinski definition) is 2. The zero-order valence-electron chi connectivity index (χ0n) is 19.9. The molecule has 1 aliphatic rings. The minimum absolute atomic E-state index is 0.124. The predicted octanol–water partition coefficient (Wildman–Crippen LogP) is 2.62. The number of hydrogen-bond donors (Lipinski definition) is 2. The van der Waals surface area contributed by atoms with Crippen LogP contribution in [0, 0.1) is 0 Å². The van der Waals surface area contributed by atoms with Gasteiger partial charge in [-0.15, -0.1) is 0 Å². The summed E-state index contributed by atoms with van der Waals surface area (Å²) >= 11 is 0. The first kappa shape index (κ1) is 26.4. The molecule has 6 heteroatoms. The van der Waals surface area contributed by atoms with Gasteiger partial charge < -0.3 is 19.6 Å². The normalized spacial score (nSPS) is 24.4. The fourth-order valence-electron chi connectivity index (χ4n) is 3.87. The molecule has 0 unspecified atom stereocenters. The van der Waals surface area contributed by atoms with Crippen molar-refractivity contribution in [2.24, 2.45) is 0 Å². The van der Waals surface area contributed by atoms with Crippen LogP contribution in [0.1, 0.15) is 52.4 Å². The molecule has 0 atom stereocenters. The van der Waals surface area contributed by atoms with Gasteiger partial charge >= 0.3 is 0 Å². The van der Waals surface area contributed by atoms with Gasteiger partial charge in [-0.05, 0) is 12.8 Å². The molecule has 1 heterocycles. The Kier molecular flexibility index (Phi) is 12.6. The fourth-order valence-corrected chi connectivity index (χ4v) is 3.87. The summed E-state index contributed by atoms with van der Waals surface area (Å²) in [5.41, 5.74) is 0. The molecule has 30 heavy (non-hydrogen) atoms. The highest BCUT2D eigenvalue weighted by molar-refractivity contribution is 5.77. The molecular formula is C24H46N4O2+2. The summed E-state index contributed by atoms with van der Waals surface area (Å²) in [6.07, 6.45) is 13.0. The third kappa shape index (κ3) is 11.5. The summed E-state index contributed by atoms with van der Waals surface area (Å²) in [6.45, 7) is 12.6. The number of nitrogens with zero attached hydrogens (tertiary/aromatic N) is 2. The zero-order chi connectivity index (χ0) is 22.3. The lowest BCUT2D eigenvalue weighted by molar-refractivity contribution is -1.02. The fraction of sp³-hybridized carbons (Fsp3) is 0.750. The van der Waals surface area contributed by atoms with E-state index in [2.05, 4.69) is 38.6 Å². The summed E-state index contributed by atoms with van der Waals surface area (Å²) in [4.78, 5) is 23.5. The Morgan fingerprint density at radius 3 is 1.40 bits per heavy atom. The number of rotatable bonds is 14. The lowest BCUT2D eigenvalue weighted by atomic mass is 10.2. The van der Waals surface area contributed by atoms with E-state index >= 15 is 0 Å². The van der Waals surface area contributed by atoms with Crippen LogP contribution in [-0.4, -0.2) is 87.2 Å². The first-order valence-electron chi connectivity index (χ1n) is 11.8. The summed E-state index contributed by atoms with van der Waals surface area (Å²) in [6, 6.07) is 0. The first-order valence-corrected chi connectivity index (χ1v) is 11.8. The van der Waals surface area contributed by atoms with E-state index < -0.39 is 0 Å². The lowest BCUT2D eigenvalue weighted by Gasteiger charge is -2.46. The molecule has 0 bridgehead atoms. The van der Waals surface area contributed by atoms with Crippen molar-refractivity contribution in [1.29, 1.82) is 0 Å². The summed E-state index contributed by atoms with van der Waals surface area (Å²) < 4.78 is 2.19. The van der Waals surface area contributed by atoms with Crippen molar-refractivity contribution in [2.45, 2.75) is 52.4 Å². The van der Waals surface area contributed by atoms with E-state index in [1.54, 1.807) is 0 Å². The number of likely N-dealkylation sites (N-methyl/N-ethyl adjacent to an activating group) is 2. The van der Waals surface area contributed by atoms with Gasteiger partial charge in [-0.1, -0.05) is 38.2 Å². The molecule has 1 rings (SSSR count). The Balaban J connectivity index is 2.19. The summed E-state index contributed by atoms with van der Waals surface area (Å²) in [7, 11) is 4.69. The quantitative estimate of drug-likeness (QED) is 0.257. The van der Waals surface area contributed by atoms with Gasteiger partial charge in [0.05, 0.1) is 27.2 Å². The number of carbonyl (C=O) groups excluding carboxylic acids is 2. The molecule has 2 N–H and O–H groups in total. The average Bonchev–Trinajstić information content (AvgIpc) is 2.72. The van der Waals surface area contributed by atoms with E-state index in [1.807, 2.05) is 24.3 Å². The Morgan fingerprint density at radius 1 is 0.700 bits per heavy atom. The molecule has 0 aromatic heterocycles.